The molecule has 0 aliphatic heterocycles. The lowest BCUT2D eigenvalue weighted by Gasteiger charge is -2.20. The van der Waals surface area contributed by atoms with Gasteiger partial charge in [-0.3, -0.25) is 0 Å². The highest BCUT2D eigenvalue weighted by atomic mass is 32.2. The average molecular weight is 397 g/mol. The van der Waals surface area contributed by atoms with Gasteiger partial charge in [0.2, 0.25) is 0 Å². The molecule has 0 spiro atoms. The van der Waals surface area contributed by atoms with Crippen LogP contribution in [0.4, 0.5) is 5.13 Å². The lowest BCUT2D eigenvalue weighted by Crippen LogP contribution is -2.30. The molecule has 0 unspecified atom stereocenters. The van der Waals surface area contributed by atoms with Crippen LogP contribution in [-0.2, 0) is 16.6 Å². The largest absolute Gasteiger partial charge is 0.356 e. The van der Waals surface area contributed by atoms with E-state index in [1.165, 1.54) is 15.6 Å². The zero-order valence-corrected chi connectivity index (χ0v) is 15.7. The number of rotatable bonds is 6. The number of nitrogens with zero attached hydrogens (tertiary/aromatic N) is 3. The van der Waals surface area contributed by atoms with Gasteiger partial charge in [-0.15, -0.1) is 11.3 Å². The van der Waals surface area contributed by atoms with Crippen molar-refractivity contribution in [2.75, 3.05) is 4.31 Å². The van der Waals surface area contributed by atoms with Gasteiger partial charge in [0.05, 0.1) is 11.4 Å². The Hall–Kier alpha value is -2.97. The summed E-state index contributed by atoms with van der Waals surface area (Å²) in [6.45, 7) is 0.0288. The number of hydrogen-bond acceptors (Lipinski definition) is 6. The van der Waals surface area contributed by atoms with Gasteiger partial charge in [0.1, 0.15) is 5.69 Å². The molecule has 2 aromatic heterocycles. The fourth-order valence-electron chi connectivity index (χ4n) is 2.59. The summed E-state index contributed by atoms with van der Waals surface area (Å²) in [7, 11) is -3.78. The van der Waals surface area contributed by atoms with Crippen LogP contribution >= 0.6 is 11.3 Å². The van der Waals surface area contributed by atoms with Crippen molar-refractivity contribution in [2.24, 2.45) is 0 Å². The zero-order valence-electron chi connectivity index (χ0n) is 14.1. The van der Waals surface area contributed by atoms with Crippen LogP contribution in [0.3, 0.4) is 0 Å². The summed E-state index contributed by atoms with van der Waals surface area (Å²) in [5.41, 5.74) is 1.38. The molecule has 0 radical (unpaired) electrons. The Morgan fingerprint density at radius 2 is 1.70 bits per heavy atom. The van der Waals surface area contributed by atoms with E-state index in [4.69, 9.17) is 4.52 Å². The minimum atomic E-state index is -3.78. The van der Waals surface area contributed by atoms with Crippen molar-refractivity contribution in [1.29, 1.82) is 0 Å². The summed E-state index contributed by atoms with van der Waals surface area (Å²) < 4.78 is 32.9. The molecule has 136 valence electrons. The molecular formula is C19H15N3O3S2. The van der Waals surface area contributed by atoms with Crippen molar-refractivity contribution in [3.63, 3.8) is 0 Å². The summed E-state index contributed by atoms with van der Waals surface area (Å²) in [5.74, 6) is 0.585. The van der Waals surface area contributed by atoms with Crippen molar-refractivity contribution >= 4 is 26.5 Å². The number of sulfonamides is 1. The molecule has 27 heavy (non-hydrogen) atoms. The van der Waals surface area contributed by atoms with Crippen LogP contribution < -0.4 is 4.31 Å². The summed E-state index contributed by atoms with van der Waals surface area (Å²) in [5, 5.41) is 6.16. The standard InChI is InChI=1S/C19H15N3O3S2/c23-27(24,17-9-5-2-6-10-17)22(19-20-11-12-26-19)14-16-13-18(25-21-16)15-7-3-1-4-8-15/h1-13H,14H2. The third-order valence-electron chi connectivity index (χ3n) is 3.89. The molecule has 0 aliphatic carbocycles. The number of anilines is 1. The van der Waals surface area contributed by atoms with Gasteiger partial charge in [0.15, 0.2) is 10.9 Å². The second-order valence-corrected chi connectivity index (χ2v) is 8.42. The van der Waals surface area contributed by atoms with Gasteiger partial charge in [0.25, 0.3) is 10.0 Å². The molecule has 0 saturated heterocycles. The molecule has 6 nitrogen and oxygen atoms in total. The van der Waals surface area contributed by atoms with E-state index < -0.39 is 10.0 Å². The minimum Gasteiger partial charge on any atom is -0.356 e. The fourth-order valence-corrected chi connectivity index (χ4v) is 4.87. The summed E-state index contributed by atoms with van der Waals surface area (Å²) in [6.07, 6.45) is 1.58. The van der Waals surface area contributed by atoms with E-state index in [0.717, 1.165) is 5.56 Å². The lowest BCUT2D eigenvalue weighted by molar-refractivity contribution is 0.424. The number of benzene rings is 2. The van der Waals surface area contributed by atoms with E-state index in [1.807, 2.05) is 30.3 Å². The van der Waals surface area contributed by atoms with Crippen molar-refractivity contribution in [1.82, 2.24) is 10.1 Å². The molecule has 4 aromatic rings. The first-order valence-electron chi connectivity index (χ1n) is 8.13. The SMILES string of the molecule is O=S(=O)(c1ccccc1)N(Cc1cc(-c2ccccc2)on1)c1nccs1. The van der Waals surface area contributed by atoms with E-state index in [9.17, 15) is 8.42 Å². The molecule has 0 amide bonds. The van der Waals surface area contributed by atoms with Gasteiger partial charge < -0.3 is 4.52 Å². The second-order valence-electron chi connectivity index (χ2n) is 5.69. The summed E-state index contributed by atoms with van der Waals surface area (Å²) >= 11 is 1.25. The Balaban J connectivity index is 1.69. The molecular weight excluding hydrogens is 382 g/mol. The molecule has 0 fully saturated rings. The van der Waals surface area contributed by atoms with E-state index in [2.05, 4.69) is 10.1 Å². The Morgan fingerprint density at radius 1 is 1.00 bits per heavy atom. The molecule has 2 aromatic carbocycles. The van der Waals surface area contributed by atoms with Gasteiger partial charge in [0, 0.05) is 23.2 Å². The van der Waals surface area contributed by atoms with E-state index in [0.29, 0.717) is 16.6 Å². The van der Waals surface area contributed by atoms with Crippen molar-refractivity contribution in [3.05, 3.63) is 84.0 Å². The van der Waals surface area contributed by atoms with Gasteiger partial charge >= 0.3 is 0 Å². The maximum atomic E-state index is 13.1. The third kappa shape index (κ3) is 3.62. The molecule has 0 aliphatic rings. The summed E-state index contributed by atoms with van der Waals surface area (Å²) in [6, 6.07) is 19.6. The van der Waals surface area contributed by atoms with E-state index >= 15 is 0 Å². The quantitative estimate of drug-likeness (QED) is 0.487. The molecule has 0 atom stereocenters. The monoisotopic (exact) mass is 397 g/mol. The average Bonchev–Trinajstić information content (AvgIpc) is 3.39. The van der Waals surface area contributed by atoms with Crippen LogP contribution in [0.15, 0.2) is 87.7 Å². The number of hydrogen-bond donors (Lipinski definition) is 0. The third-order valence-corrected chi connectivity index (χ3v) is 6.55. The summed E-state index contributed by atoms with van der Waals surface area (Å²) in [4.78, 5) is 4.38. The first-order chi connectivity index (χ1) is 13.1. The molecule has 0 saturated carbocycles. The normalized spacial score (nSPS) is 11.4. The van der Waals surface area contributed by atoms with Crippen LogP contribution in [-0.4, -0.2) is 18.6 Å². The first kappa shape index (κ1) is 17.4. The molecule has 4 rings (SSSR count). The zero-order chi connectivity index (χ0) is 18.7. The highest BCUT2D eigenvalue weighted by Gasteiger charge is 2.28. The van der Waals surface area contributed by atoms with Crippen LogP contribution in [0.1, 0.15) is 5.69 Å². The smallest absolute Gasteiger partial charge is 0.266 e. The Kier molecular flexibility index (Phi) is 4.74. The predicted octanol–water partition coefficient (Wildman–Crippen LogP) is 4.19. The lowest BCUT2D eigenvalue weighted by atomic mass is 10.2. The highest BCUT2D eigenvalue weighted by molar-refractivity contribution is 7.93. The van der Waals surface area contributed by atoms with Crippen LogP contribution in [0.25, 0.3) is 11.3 Å². The first-order valence-corrected chi connectivity index (χ1v) is 10.4. The van der Waals surface area contributed by atoms with Crippen molar-refractivity contribution < 1.29 is 12.9 Å². The maximum absolute atomic E-state index is 13.1. The van der Waals surface area contributed by atoms with Gasteiger partial charge in [-0.1, -0.05) is 53.7 Å². The minimum absolute atomic E-state index is 0.0288. The van der Waals surface area contributed by atoms with Crippen molar-refractivity contribution in [2.45, 2.75) is 11.4 Å². The van der Waals surface area contributed by atoms with Crippen LogP contribution in [0.2, 0.25) is 0 Å². The second kappa shape index (κ2) is 7.34. The topological polar surface area (TPSA) is 76.3 Å². The van der Waals surface area contributed by atoms with E-state index in [-0.39, 0.29) is 11.4 Å². The van der Waals surface area contributed by atoms with Gasteiger partial charge in [-0.25, -0.2) is 17.7 Å². The fraction of sp³-hybridized carbons (Fsp3) is 0.0526. The number of aromatic nitrogens is 2. The van der Waals surface area contributed by atoms with Crippen molar-refractivity contribution in [3.8, 4) is 11.3 Å². The molecule has 0 N–H and O–H groups in total. The Labute approximate surface area is 160 Å². The molecule has 0 bridgehead atoms. The highest BCUT2D eigenvalue weighted by Crippen LogP contribution is 2.28. The predicted molar refractivity (Wildman–Crippen MR) is 104 cm³/mol. The maximum Gasteiger partial charge on any atom is 0.266 e. The van der Waals surface area contributed by atoms with Gasteiger partial charge in [-0.2, -0.15) is 0 Å². The number of thiazole rings is 1. The molecule has 8 heteroatoms. The molecule has 2 heterocycles. The van der Waals surface area contributed by atoms with Crippen LogP contribution in [0, 0.1) is 0 Å². The Bertz CT molecular complexity index is 1110. The van der Waals surface area contributed by atoms with Gasteiger partial charge in [-0.05, 0) is 12.1 Å². The van der Waals surface area contributed by atoms with E-state index in [1.54, 1.807) is 48.0 Å². The Morgan fingerprint density at radius 3 is 2.37 bits per heavy atom. The van der Waals surface area contributed by atoms with Crippen LogP contribution in [0.5, 0.6) is 0 Å².